The predicted molar refractivity (Wildman–Crippen MR) is 164 cm³/mol. The van der Waals surface area contributed by atoms with E-state index in [1.165, 1.54) is 0 Å². The summed E-state index contributed by atoms with van der Waals surface area (Å²) < 4.78 is 2.29. The summed E-state index contributed by atoms with van der Waals surface area (Å²) in [7, 11) is 0. The summed E-state index contributed by atoms with van der Waals surface area (Å²) in [6.45, 7) is 0. The molecule has 0 aliphatic heterocycles. The van der Waals surface area contributed by atoms with E-state index in [9.17, 15) is 10.5 Å². The maximum Gasteiger partial charge on any atom is 0.0998 e. The van der Waals surface area contributed by atoms with Gasteiger partial charge in [0.2, 0.25) is 0 Å². The number of hydrogen-bond donors (Lipinski definition) is 0. The molecule has 0 unspecified atom stereocenters. The molecule has 0 saturated carbocycles. The maximum atomic E-state index is 10.3. The highest BCUT2D eigenvalue weighted by atomic mass is 15.0. The van der Waals surface area contributed by atoms with Gasteiger partial charge in [-0.25, -0.2) is 0 Å². The molecule has 0 atom stereocenters. The van der Waals surface area contributed by atoms with Crippen LogP contribution in [-0.4, -0.2) is 9.55 Å². The lowest BCUT2D eigenvalue weighted by atomic mass is 9.93. The Labute approximate surface area is 237 Å². The van der Waals surface area contributed by atoms with E-state index in [0.717, 1.165) is 60.9 Å². The van der Waals surface area contributed by atoms with Crippen molar-refractivity contribution in [1.82, 2.24) is 9.55 Å². The van der Waals surface area contributed by atoms with Gasteiger partial charge in [0.25, 0.3) is 0 Å². The average Bonchev–Trinajstić information content (AvgIpc) is 3.39. The van der Waals surface area contributed by atoms with E-state index in [4.69, 9.17) is 0 Å². The first-order valence-corrected chi connectivity index (χ1v) is 13.3. The van der Waals surface area contributed by atoms with E-state index >= 15 is 0 Å². The molecule has 41 heavy (non-hydrogen) atoms. The van der Waals surface area contributed by atoms with Crippen LogP contribution in [0.1, 0.15) is 11.1 Å². The van der Waals surface area contributed by atoms with Crippen molar-refractivity contribution < 1.29 is 0 Å². The van der Waals surface area contributed by atoms with Gasteiger partial charge in [-0.2, -0.15) is 10.5 Å². The second kappa shape index (κ2) is 9.97. The van der Waals surface area contributed by atoms with Crippen molar-refractivity contribution in [3.63, 3.8) is 0 Å². The van der Waals surface area contributed by atoms with Crippen LogP contribution >= 0.6 is 0 Å². The first-order valence-electron chi connectivity index (χ1n) is 13.3. The first-order chi connectivity index (χ1) is 20.3. The molecule has 190 valence electrons. The van der Waals surface area contributed by atoms with Crippen LogP contribution in [0.4, 0.5) is 0 Å². The molecule has 4 nitrogen and oxygen atoms in total. The summed E-state index contributed by atoms with van der Waals surface area (Å²) in [4.78, 5) is 4.19. The quantitative estimate of drug-likeness (QED) is 0.232. The highest BCUT2D eigenvalue weighted by Crippen LogP contribution is 2.42. The monoisotopic (exact) mass is 522 g/mol. The highest BCUT2D eigenvalue weighted by Gasteiger charge is 2.21. The van der Waals surface area contributed by atoms with Crippen LogP contribution in [0.2, 0.25) is 0 Å². The third-order valence-electron chi connectivity index (χ3n) is 7.61. The van der Waals surface area contributed by atoms with E-state index in [1.54, 1.807) is 12.4 Å². The Hall–Kier alpha value is -5.97. The first kappa shape index (κ1) is 24.1. The Kier molecular flexibility index (Phi) is 5.86. The molecule has 5 aromatic carbocycles. The second-order valence-corrected chi connectivity index (χ2v) is 9.84. The SMILES string of the molecule is N#Cc1cc(-c2ccccc2)c(-n2c3ccccc3c3cccc(-c4ccccc4C#N)c32)cc1-c1ccncc1. The molecule has 0 bridgehead atoms. The molecule has 7 aromatic rings. The zero-order valence-corrected chi connectivity index (χ0v) is 22.0. The third kappa shape index (κ3) is 3.95. The van der Waals surface area contributed by atoms with Crippen molar-refractivity contribution >= 4 is 21.8 Å². The van der Waals surface area contributed by atoms with Gasteiger partial charge in [-0.1, -0.05) is 84.9 Å². The van der Waals surface area contributed by atoms with Crippen LogP contribution in [0.25, 0.3) is 60.9 Å². The molecular weight excluding hydrogens is 500 g/mol. The summed E-state index contributed by atoms with van der Waals surface area (Å²) in [6.07, 6.45) is 3.50. The van der Waals surface area contributed by atoms with Crippen LogP contribution in [0.15, 0.2) is 134 Å². The number of benzene rings is 5. The van der Waals surface area contributed by atoms with Crippen molar-refractivity contribution in [1.29, 1.82) is 10.5 Å². The number of pyridine rings is 1. The molecule has 0 radical (unpaired) electrons. The molecule has 0 spiro atoms. The molecule has 0 fully saturated rings. The van der Waals surface area contributed by atoms with Crippen LogP contribution in [0, 0.1) is 22.7 Å². The minimum atomic E-state index is 0.592. The Morgan fingerprint density at radius 3 is 1.98 bits per heavy atom. The molecule has 0 aliphatic rings. The number of aromatic nitrogens is 2. The molecule has 0 amide bonds. The largest absolute Gasteiger partial charge is 0.308 e. The van der Waals surface area contributed by atoms with Gasteiger partial charge in [-0.15, -0.1) is 0 Å². The van der Waals surface area contributed by atoms with Crippen molar-refractivity contribution in [3.05, 3.63) is 145 Å². The van der Waals surface area contributed by atoms with Gasteiger partial charge < -0.3 is 4.57 Å². The molecule has 7 rings (SSSR count). The lowest BCUT2D eigenvalue weighted by Crippen LogP contribution is -2.01. The van der Waals surface area contributed by atoms with Crippen molar-refractivity contribution in [2.24, 2.45) is 0 Å². The van der Waals surface area contributed by atoms with E-state index in [2.05, 4.69) is 82.4 Å². The van der Waals surface area contributed by atoms with Gasteiger partial charge in [-0.3, -0.25) is 4.98 Å². The molecule has 4 heteroatoms. The summed E-state index contributed by atoms with van der Waals surface area (Å²) in [6, 6.07) is 45.4. The van der Waals surface area contributed by atoms with Gasteiger partial charge in [0, 0.05) is 45.4 Å². The Morgan fingerprint density at radius 2 is 1.17 bits per heavy atom. The van der Waals surface area contributed by atoms with Gasteiger partial charge in [-0.05, 0) is 47.5 Å². The summed E-state index contributed by atoms with van der Waals surface area (Å²) >= 11 is 0. The lowest BCUT2D eigenvalue weighted by Gasteiger charge is -2.19. The maximum absolute atomic E-state index is 10.3. The van der Waals surface area contributed by atoms with E-state index in [-0.39, 0.29) is 0 Å². The van der Waals surface area contributed by atoms with Gasteiger partial charge in [0.15, 0.2) is 0 Å². The Balaban J connectivity index is 1.68. The minimum Gasteiger partial charge on any atom is -0.308 e. The van der Waals surface area contributed by atoms with Gasteiger partial charge in [0.05, 0.1) is 40.0 Å². The summed E-state index contributed by atoms with van der Waals surface area (Å²) in [5.41, 5.74) is 9.82. The molecule has 2 heterocycles. The third-order valence-corrected chi connectivity index (χ3v) is 7.61. The average molecular weight is 523 g/mol. The van der Waals surface area contributed by atoms with Gasteiger partial charge in [0.1, 0.15) is 0 Å². The summed E-state index contributed by atoms with van der Waals surface area (Å²) in [5, 5.41) is 22.5. The highest BCUT2D eigenvalue weighted by molar-refractivity contribution is 6.14. The predicted octanol–water partition coefficient (Wildman–Crippen LogP) is 8.92. The molecular formula is C37H22N4. The zero-order chi connectivity index (χ0) is 27.8. The fourth-order valence-corrected chi connectivity index (χ4v) is 5.79. The molecule has 0 N–H and O–H groups in total. The number of hydrogen-bond acceptors (Lipinski definition) is 3. The van der Waals surface area contributed by atoms with Crippen LogP contribution in [0.5, 0.6) is 0 Å². The Bertz CT molecular complexity index is 2160. The molecule has 0 aliphatic carbocycles. The number of nitriles is 2. The second-order valence-electron chi connectivity index (χ2n) is 9.84. The normalized spacial score (nSPS) is 10.9. The minimum absolute atomic E-state index is 0.592. The fraction of sp³-hybridized carbons (Fsp3) is 0. The van der Waals surface area contributed by atoms with Crippen LogP contribution < -0.4 is 0 Å². The van der Waals surface area contributed by atoms with E-state index < -0.39 is 0 Å². The number of nitrogens with zero attached hydrogens (tertiary/aromatic N) is 4. The van der Waals surface area contributed by atoms with Crippen molar-refractivity contribution in [2.75, 3.05) is 0 Å². The van der Waals surface area contributed by atoms with Gasteiger partial charge >= 0.3 is 0 Å². The van der Waals surface area contributed by atoms with Crippen molar-refractivity contribution in [3.8, 4) is 51.2 Å². The molecule has 0 saturated heterocycles. The van der Waals surface area contributed by atoms with E-state index in [0.29, 0.717) is 11.1 Å². The summed E-state index contributed by atoms with van der Waals surface area (Å²) in [5.74, 6) is 0. The lowest BCUT2D eigenvalue weighted by molar-refractivity contribution is 1.18. The van der Waals surface area contributed by atoms with Crippen LogP contribution in [-0.2, 0) is 0 Å². The smallest absolute Gasteiger partial charge is 0.0998 e. The fourth-order valence-electron chi connectivity index (χ4n) is 5.79. The Morgan fingerprint density at radius 1 is 0.512 bits per heavy atom. The number of para-hydroxylation sites is 2. The number of rotatable bonds is 4. The molecule has 2 aromatic heterocycles. The topological polar surface area (TPSA) is 65.4 Å². The zero-order valence-electron chi connectivity index (χ0n) is 22.0. The van der Waals surface area contributed by atoms with Crippen LogP contribution in [0.3, 0.4) is 0 Å². The van der Waals surface area contributed by atoms with E-state index in [1.807, 2.05) is 60.7 Å². The van der Waals surface area contributed by atoms with Crippen molar-refractivity contribution in [2.45, 2.75) is 0 Å². The standard InChI is InChI=1S/C37H22N4/c38-23-27-11-4-5-12-29(27)31-14-8-15-32-30-13-6-7-16-35(30)41(37(31)32)36-22-33(26-17-19-40-20-18-26)28(24-39)21-34(36)25-9-2-1-3-10-25/h1-22H. The number of fused-ring (bicyclic) bond motifs is 3.